The monoisotopic (exact) mass is 263 g/mol. The molecule has 0 fully saturated rings. The lowest BCUT2D eigenvalue weighted by Gasteiger charge is -2.06. The number of aryl methyl sites for hydroxylation is 2. The molecule has 2 N–H and O–H groups in total. The molecule has 2 rings (SSSR count). The van der Waals surface area contributed by atoms with E-state index in [1.165, 1.54) is 17.1 Å². The van der Waals surface area contributed by atoms with Gasteiger partial charge in [-0.25, -0.2) is 0 Å². The molecule has 5 heteroatoms. The van der Waals surface area contributed by atoms with Crippen molar-refractivity contribution in [1.82, 2.24) is 9.36 Å². The average Bonchev–Trinajstić information content (AvgIpc) is 2.80. The van der Waals surface area contributed by atoms with Gasteiger partial charge in [0.05, 0.1) is 5.69 Å². The number of nitrogen functional groups attached to an aromatic ring is 1. The van der Waals surface area contributed by atoms with Crippen LogP contribution in [-0.4, -0.2) is 9.36 Å². The predicted molar refractivity (Wildman–Crippen MR) is 74.2 cm³/mol. The normalized spacial score (nSPS) is 10.6. The second-order valence-electron chi connectivity index (χ2n) is 4.05. The highest BCUT2D eigenvalue weighted by molar-refractivity contribution is 7.07. The van der Waals surface area contributed by atoms with Crippen molar-refractivity contribution in [2.45, 2.75) is 33.1 Å². The van der Waals surface area contributed by atoms with Crippen LogP contribution in [0.1, 0.15) is 31.7 Å². The summed E-state index contributed by atoms with van der Waals surface area (Å²) < 4.78 is 9.89. The summed E-state index contributed by atoms with van der Waals surface area (Å²) in [5.41, 5.74) is 7.78. The first kappa shape index (κ1) is 12.8. The number of aromatic nitrogens is 2. The van der Waals surface area contributed by atoms with E-state index in [9.17, 15) is 0 Å². The van der Waals surface area contributed by atoms with Crippen LogP contribution in [0.15, 0.2) is 18.2 Å². The van der Waals surface area contributed by atoms with Crippen LogP contribution in [0.2, 0.25) is 0 Å². The molecule has 18 heavy (non-hydrogen) atoms. The zero-order valence-electron chi connectivity index (χ0n) is 10.6. The number of anilines is 1. The largest absolute Gasteiger partial charge is 0.428 e. The molecule has 2 aromatic rings. The summed E-state index contributed by atoms with van der Waals surface area (Å²) in [4.78, 5) is 4.31. The molecule has 0 spiro atoms. The Bertz CT molecular complexity index is 525. The lowest BCUT2D eigenvalue weighted by molar-refractivity contribution is 0.479. The van der Waals surface area contributed by atoms with Gasteiger partial charge in [-0.15, -0.1) is 0 Å². The maximum atomic E-state index is 5.94. The predicted octanol–water partition coefficient (Wildman–Crippen LogP) is 3.43. The number of benzene rings is 1. The van der Waals surface area contributed by atoms with Crippen molar-refractivity contribution in [3.05, 3.63) is 29.6 Å². The van der Waals surface area contributed by atoms with Crippen molar-refractivity contribution < 1.29 is 4.74 Å². The highest BCUT2D eigenvalue weighted by Gasteiger charge is 2.08. The molecule has 0 aliphatic rings. The van der Waals surface area contributed by atoms with E-state index in [4.69, 9.17) is 10.5 Å². The van der Waals surface area contributed by atoms with Crippen LogP contribution in [0.25, 0.3) is 0 Å². The number of hydrogen-bond donors (Lipinski definition) is 1. The van der Waals surface area contributed by atoms with E-state index in [1.54, 1.807) is 0 Å². The van der Waals surface area contributed by atoms with E-state index in [0.717, 1.165) is 25.1 Å². The second kappa shape index (κ2) is 5.82. The first-order valence-electron chi connectivity index (χ1n) is 6.11. The topological polar surface area (TPSA) is 61.0 Å². The second-order valence-corrected chi connectivity index (χ2v) is 4.77. The number of ether oxygens (including phenoxy) is 1. The third kappa shape index (κ3) is 2.98. The summed E-state index contributed by atoms with van der Waals surface area (Å²) in [6.45, 7) is 4.19. The molecule has 0 amide bonds. The Balaban J connectivity index is 2.12. The van der Waals surface area contributed by atoms with Gasteiger partial charge in [-0.1, -0.05) is 19.9 Å². The van der Waals surface area contributed by atoms with Crippen LogP contribution in [0.4, 0.5) is 5.69 Å². The van der Waals surface area contributed by atoms with Crippen LogP contribution >= 0.6 is 11.5 Å². The molecule has 96 valence electrons. The molecule has 1 aromatic carbocycles. The molecular formula is C13H17N3OS. The lowest BCUT2D eigenvalue weighted by atomic mass is 10.1. The summed E-state index contributed by atoms with van der Waals surface area (Å²) in [7, 11) is 0. The minimum Gasteiger partial charge on any atom is -0.428 e. The number of nitrogens with zero attached hydrogens (tertiary/aromatic N) is 2. The zero-order chi connectivity index (χ0) is 13.0. The van der Waals surface area contributed by atoms with Gasteiger partial charge in [-0.05, 0) is 30.5 Å². The molecule has 0 atom stereocenters. The van der Waals surface area contributed by atoms with Crippen molar-refractivity contribution in [2.24, 2.45) is 0 Å². The fourth-order valence-electron chi connectivity index (χ4n) is 1.61. The van der Waals surface area contributed by atoms with Gasteiger partial charge in [-0.3, -0.25) is 0 Å². The molecule has 1 heterocycles. The Morgan fingerprint density at radius 3 is 2.83 bits per heavy atom. The molecule has 0 unspecified atom stereocenters. The molecule has 0 aliphatic carbocycles. The number of rotatable bonds is 5. The maximum Gasteiger partial charge on any atom is 0.298 e. The lowest BCUT2D eigenvalue weighted by Crippen LogP contribution is -1.94. The van der Waals surface area contributed by atoms with E-state index in [-0.39, 0.29) is 0 Å². The highest BCUT2D eigenvalue weighted by Crippen LogP contribution is 2.29. The van der Waals surface area contributed by atoms with Crippen LogP contribution in [0.3, 0.4) is 0 Å². The number of nitrogens with two attached hydrogens (primary N) is 1. The van der Waals surface area contributed by atoms with Crippen molar-refractivity contribution in [3.63, 3.8) is 0 Å². The van der Waals surface area contributed by atoms with Gasteiger partial charge in [-0.2, -0.15) is 9.36 Å². The molecule has 0 radical (unpaired) electrons. The van der Waals surface area contributed by atoms with Crippen molar-refractivity contribution in [2.75, 3.05) is 5.73 Å². The van der Waals surface area contributed by atoms with Gasteiger partial charge >= 0.3 is 0 Å². The smallest absolute Gasteiger partial charge is 0.298 e. The Morgan fingerprint density at radius 2 is 2.17 bits per heavy atom. The molecule has 0 aliphatic heterocycles. The molecule has 1 aromatic heterocycles. The minimum atomic E-state index is 0.550. The molecule has 0 bridgehead atoms. The van der Waals surface area contributed by atoms with E-state index in [2.05, 4.69) is 23.2 Å². The maximum absolute atomic E-state index is 5.94. The van der Waals surface area contributed by atoms with Crippen molar-refractivity contribution in [3.8, 4) is 10.9 Å². The van der Waals surface area contributed by atoms with Crippen molar-refractivity contribution in [1.29, 1.82) is 0 Å². The SMILES string of the molecule is CCCc1nsc(Oc2ccc(CC)cc2N)n1. The van der Waals surface area contributed by atoms with Gasteiger partial charge in [0, 0.05) is 18.0 Å². The quantitative estimate of drug-likeness (QED) is 0.839. The Hall–Kier alpha value is -1.62. The Morgan fingerprint density at radius 1 is 1.33 bits per heavy atom. The van der Waals surface area contributed by atoms with E-state index in [0.29, 0.717) is 16.6 Å². The van der Waals surface area contributed by atoms with Crippen LogP contribution in [-0.2, 0) is 12.8 Å². The fraction of sp³-hybridized carbons (Fsp3) is 0.385. The van der Waals surface area contributed by atoms with Gasteiger partial charge in [0.15, 0.2) is 5.75 Å². The zero-order valence-corrected chi connectivity index (χ0v) is 11.5. The first-order chi connectivity index (χ1) is 8.72. The van der Waals surface area contributed by atoms with Crippen molar-refractivity contribution >= 4 is 17.2 Å². The van der Waals surface area contributed by atoms with Crippen LogP contribution in [0, 0.1) is 0 Å². The summed E-state index contributed by atoms with van der Waals surface area (Å²) in [6.07, 6.45) is 2.87. The van der Waals surface area contributed by atoms with E-state index in [1.807, 2.05) is 18.2 Å². The number of hydrogen-bond acceptors (Lipinski definition) is 5. The van der Waals surface area contributed by atoms with Crippen LogP contribution < -0.4 is 10.5 Å². The minimum absolute atomic E-state index is 0.550. The molecule has 0 saturated carbocycles. The average molecular weight is 263 g/mol. The Labute approximate surface area is 111 Å². The standard InChI is InChI=1S/C13H17N3OS/c1-3-5-12-15-13(18-16-12)17-11-7-6-9(4-2)8-10(11)14/h6-8H,3-5,14H2,1-2H3. The summed E-state index contributed by atoms with van der Waals surface area (Å²) >= 11 is 1.26. The molecule has 0 saturated heterocycles. The third-order valence-corrected chi connectivity index (χ3v) is 3.24. The van der Waals surface area contributed by atoms with Gasteiger partial charge < -0.3 is 10.5 Å². The summed E-state index contributed by atoms with van der Waals surface area (Å²) in [6, 6.07) is 5.83. The van der Waals surface area contributed by atoms with Gasteiger partial charge in [0.1, 0.15) is 5.82 Å². The van der Waals surface area contributed by atoms with E-state index < -0.39 is 0 Å². The molecular weight excluding hydrogens is 246 g/mol. The third-order valence-electron chi connectivity index (χ3n) is 2.60. The Kier molecular flexibility index (Phi) is 4.15. The first-order valence-corrected chi connectivity index (χ1v) is 6.89. The van der Waals surface area contributed by atoms with E-state index >= 15 is 0 Å². The summed E-state index contributed by atoms with van der Waals surface area (Å²) in [5.74, 6) is 1.48. The molecule has 4 nitrogen and oxygen atoms in total. The summed E-state index contributed by atoms with van der Waals surface area (Å²) in [5, 5.41) is 0.550. The van der Waals surface area contributed by atoms with Gasteiger partial charge in [0.2, 0.25) is 0 Å². The fourth-order valence-corrected chi connectivity index (χ4v) is 2.20. The van der Waals surface area contributed by atoms with Gasteiger partial charge in [0.25, 0.3) is 5.19 Å². The highest BCUT2D eigenvalue weighted by atomic mass is 32.1. The van der Waals surface area contributed by atoms with Crippen LogP contribution in [0.5, 0.6) is 10.9 Å².